The molecule has 0 aliphatic carbocycles. The van der Waals surface area contributed by atoms with E-state index in [1.54, 1.807) is 0 Å². The molecule has 7 nitrogen and oxygen atoms in total. The van der Waals surface area contributed by atoms with Crippen molar-refractivity contribution in [3.05, 3.63) is 70.8 Å². The first-order chi connectivity index (χ1) is 14.6. The summed E-state index contributed by atoms with van der Waals surface area (Å²) < 4.78 is 25.3. The molecule has 0 fully saturated rings. The Hall–Kier alpha value is -2.87. The Bertz CT molecular complexity index is 1100. The highest BCUT2D eigenvalue weighted by molar-refractivity contribution is 7.89. The summed E-state index contributed by atoms with van der Waals surface area (Å²) in [6.45, 7) is 9.56. The number of nitrogens with one attached hydrogen (secondary N) is 2. The van der Waals surface area contributed by atoms with Crippen LogP contribution < -0.4 is 10.6 Å². The largest absolute Gasteiger partial charge is 0.349 e. The second kappa shape index (κ2) is 9.51. The molecular formula is C23H31N5O2S. The van der Waals surface area contributed by atoms with Gasteiger partial charge in [-0.3, -0.25) is 0 Å². The summed E-state index contributed by atoms with van der Waals surface area (Å²) in [7, 11) is -3.59. The van der Waals surface area contributed by atoms with E-state index in [-0.39, 0.29) is 11.9 Å². The van der Waals surface area contributed by atoms with Gasteiger partial charge in [0.05, 0.1) is 6.26 Å². The Balaban J connectivity index is 1.70. The third-order valence-electron chi connectivity index (χ3n) is 5.09. The van der Waals surface area contributed by atoms with Crippen LogP contribution in [0.4, 0.5) is 11.9 Å². The van der Waals surface area contributed by atoms with Gasteiger partial charge in [-0.1, -0.05) is 76.2 Å². The van der Waals surface area contributed by atoms with Crippen molar-refractivity contribution in [2.75, 3.05) is 16.9 Å². The predicted octanol–water partition coefficient (Wildman–Crippen LogP) is 4.56. The lowest BCUT2D eigenvalue weighted by Gasteiger charge is -2.08. The summed E-state index contributed by atoms with van der Waals surface area (Å²) in [5.74, 6) is 1.39. The van der Waals surface area contributed by atoms with Crippen LogP contribution in [0.3, 0.4) is 0 Å². The maximum Gasteiger partial charge on any atom is 0.254 e. The average Bonchev–Trinajstić information content (AvgIpc) is 3.15. The second-order valence-corrected chi connectivity index (χ2v) is 10.2. The zero-order valence-corrected chi connectivity index (χ0v) is 19.6. The van der Waals surface area contributed by atoms with Gasteiger partial charge in [0.1, 0.15) is 0 Å². The summed E-state index contributed by atoms with van der Waals surface area (Å²) >= 11 is 0. The Kier molecular flexibility index (Phi) is 7.00. The van der Waals surface area contributed by atoms with Gasteiger partial charge in [0.2, 0.25) is 11.9 Å². The van der Waals surface area contributed by atoms with Crippen LogP contribution in [0.5, 0.6) is 0 Å². The maximum atomic E-state index is 12.2. The molecule has 0 spiro atoms. The van der Waals surface area contributed by atoms with E-state index in [0.717, 1.165) is 21.5 Å². The molecular weight excluding hydrogens is 410 g/mol. The van der Waals surface area contributed by atoms with Crippen LogP contribution in [0.2, 0.25) is 0 Å². The van der Waals surface area contributed by atoms with Gasteiger partial charge < -0.3 is 10.6 Å². The molecule has 0 amide bonds. The smallest absolute Gasteiger partial charge is 0.254 e. The lowest BCUT2D eigenvalue weighted by Crippen LogP contribution is -2.16. The van der Waals surface area contributed by atoms with E-state index in [2.05, 4.69) is 84.8 Å². The Labute approximate surface area is 185 Å². The van der Waals surface area contributed by atoms with Crippen molar-refractivity contribution in [1.29, 1.82) is 0 Å². The van der Waals surface area contributed by atoms with Gasteiger partial charge in [0.25, 0.3) is 10.0 Å². The monoisotopic (exact) mass is 441 g/mol. The normalized spacial score (nSPS) is 11.8. The molecule has 0 aliphatic heterocycles. The van der Waals surface area contributed by atoms with Crippen molar-refractivity contribution in [2.24, 2.45) is 0 Å². The van der Waals surface area contributed by atoms with Gasteiger partial charge in [0, 0.05) is 13.1 Å². The van der Waals surface area contributed by atoms with E-state index in [4.69, 9.17) is 0 Å². The van der Waals surface area contributed by atoms with Crippen molar-refractivity contribution in [1.82, 2.24) is 14.2 Å². The molecule has 166 valence electrons. The number of nitrogens with zero attached hydrogens (tertiary/aromatic N) is 3. The average molecular weight is 442 g/mol. The van der Waals surface area contributed by atoms with Crippen molar-refractivity contribution < 1.29 is 8.42 Å². The first kappa shape index (κ1) is 22.8. The third-order valence-corrected chi connectivity index (χ3v) is 5.97. The third kappa shape index (κ3) is 6.07. The number of rotatable bonds is 9. The summed E-state index contributed by atoms with van der Waals surface area (Å²) in [5.41, 5.74) is 4.64. The van der Waals surface area contributed by atoms with Crippen molar-refractivity contribution in [3.8, 4) is 0 Å². The fraction of sp³-hybridized carbons (Fsp3) is 0.391. The van der Waals surface area contributed by atoms with Crippen LogP contribution in [-0.4, -0.2) is 28.8 Å². The molecule has 8 heteroatoms. The SMILES string of the molecule is CC(C)c1ccc(CNc2nc(NCc3ccc(C(C)C)cc3)n(S(C)(=O)=O)n2)cc1. The van der Waals surface area contributed by atoms with E-state index in [0.29, 0.717) is 24.9 Å². The van der Waals surface area contributed by atoms with Gasteiger partial charge in [0.15, 0.2) is 0 Å². The van der Waals surface area contributed by atoms with E-state index >= 15 is 0 Å². The molecule has 0 saturated carbocycles. The maximum absolute atomic E-state index is 12.2. The Morgan fingerprint density at radius 3 is 1.68 bits per heavy atom. The lowest BCUT2D eigenvalue weighted by molar-refractivity contribution is 0.587. The van der Waals surface area contributed by atoms with Gasteiger partial charge in [-0.15, -0.1) is 9.19 Å². The number of aromatic nitrogens is 3. The minimum absolute atomic E-state index is 0.188. The molecule has 0 unspecified atom stereocenters. The second-order valence-electron chi connectivity index (χ2n) is 8.36. The van der Waals surface area contributed by atoms with Crippen LogP contribution in [-0.2, 0) is 23.1 Å². The van der Waals surface area contributed by atoms with Crippen molar-refractivity contribution in [2.45, 2.75) is 52.6 Å². The van der Waals surface area contributed by atoms with Crippen LogP contribution in [0, 0.1) is 0 Å². The molecule has 3 aromatic rings. The van der Waals surface area contributed by atoms with Gasteiger partial charge in [-0.05, 0) is 34.1 Å². The van der Waals surface area contributed by atoms with Gasteiger partial charge >= 0.3 is 0 Å². The zero-order chi connectivity index (χ0) is 22.6. The van der Waals surface area contributed by atoms with E-state index < -0.39 is 10.0 Å². The predicted molar refractivity (Wildman–Crippen MR) is 126 cm³/mol. The first-order valence-electron chi connectivity index (χ1n) is 10.5. The molecule has 0 atom stereocenters. The summed E-state index contributed by atoms with van der Waals surface area (Å²) in [6.07, 6.45) is 1.11. The highest BCUT2D eigenvalue weighted by Crippen LogP contribution is 2.18. The molecule has 0 saturated heterocycles. The number of benzene rings is 2. The van der Waals surface area contributed by atoms with E-state index in [9.17, 15) is 8.42 Å². The Morgan fingerprint density at radius 1 is 0.806 bits per heavy atom. The number of anilines is 2. The highest BCUT2D eigenvalue weighted by atomic mass is 32.2. The molecule has 0 bridgehead atoms. The molecule has 0 radical (unpaired) electrons. The zero-order valence-electron chi connectivity index (χ0n) is 18.8. The van der Waals surface area contributed by atoms with Crippen LogP contribution in [0.25, 0.3) is 0 Å². The molecule has 0 aliphatic rings. The van der Waals surface area contributed by atoms with E-state index in [1.165, 1.54) is 11.1 Å². The Morgan fingerprint density at radius 2 is 1.26 bits per heavy atom. The molecule has 1 heterocycles. The van der Waals surface area contributed by atoms with Gasteiger partial charge in [-0.25, -0.2) is 8.42 Å². The summed E-state index contributed by atoms with van der Waals surface area (Å²) in [4.78, 5) is 4.35. The number of hydrogen-bond donors (Lipinski definition) is 2. The number of hydrogen-bond acceptors (Lipinski definition) is 6. The molecule has 1 aromatic heterocycles. The van der Waals surface area contributed by atoms with Crippen molar-refractivity contribution >= 4 is 21.9 Å². The fourth-order valence-electron chi connectivity index (χ4n) is 3.12. The first-order valence-corrected chi connectivity index (χ1v) is 12.3. The topological polar surface area (TPSA) is 88.9 Å². The standard InChI is InChI=1S/C23H31N5O2S/c1-16(2)20-10-6-18(7-11-20)14-24-22-26-23(28(27-22)31(5,29)30)25-15-19-8-12-21(13-9-19)17(3)4/h6-13,16-17H,14-15H2,1-5H3,(H2,24,25,26,27). The van der Waals surface area contributed by atoms with Crippen LogP contribution in [0.1, 0.15) is 61.8 Å². The molecule has 31 heavy (non-hydrogen) atoms. The molecule has 2 N–H and O–H groups in total. The molecule has 3 rings (SSSR count). The lowest BCUT2D eigenvalue weighted by atomic mass is 10.0. The minimum atomic E-state index is -3.59. The summed E-state index contributed by atoms with van der Waals surface area (Å²) in [6, 6.07) is 16.5. The quantitative estimate of drug-likeness (QED) is 0.506. The van der Waals surface area contributed by atoms with Crippen LogP contribution >= 0.6 is 0 Å². The fourth-order valence-corrected chi connectivity index (χ4v) is 3.76. The highest BCUT2D eigenvalue weighted by Gasteiger charge is 2.17. The van der Waals surface area contributed by atoms with Crippen molar-refractivity contribution in [3.63, 3.8) is 0 Å². The van der Waals surface area contributed by atoms with Gasteiger partial charge in [-0.2, -0.15) is 4.98 Å². The molecule has 2 aromatic carbocycles. The summed E-state index contributed by atoms with van der Waals surface area (Å²) in [5, 5.41) is 10.3. The van der Waals surface area contributed by atoms with Crippen LogP contribution in [0.15, 0.2) is 48.5 Å². The minimum Gasteiger partial charge on any atom is -0.349 e. The van der Waals surface area contributed by atoms with E-state index in [1.807, 2.05) is 12.1 Å².